The first kappa shape index (κ1) is 11.6. The van der Waals surface area contributed by atoms with Gasteiger partial charge < -0.3 is 9.84 Å². The Morgan fingerprint density at radius 1 is 1.57 bits per heavy atom. The number of hydrogen-bond donors (Lipinski definition) is 1. The molecule has 0 radical (unpaired) electrons. The molecule has 0 fully saturated rings. The first-order valence-corrected chi connectivity index (χ1v) is 4.08. The van der Waals surface area contributed by atoms with Gasteiger partial charge in [-0.05, 0) is 6.08 Å². The minimum Gasteiger partial charge on any atom is -0.384 e. The number of allylic oxidation sites excluding steroid dienone is 2. The Balaban J connectivity index is 3.14. The fourth-order valence-corrected chi connectivity index (χ4v) is 1.42. The standard InChI is InChI=1S/C8H8ClF3O2/c1-14-7(9)5(8(10,11)12)3-2-4-6(7)13/h2-4,6,13H,1H3. The van der Waals surface area contributed by atoms with E-state index in [9.17, 15) is 18.3 Å². The van der Waals surface area contributed by atoms with Gasteiger partial charge in [-0.15, -0.1) is 0 Å². The summed E-state index contributed by atoms with van der Waals surface area (Å²) < 4.78 is 41.8. The molecule has 0 aliphatic heterocycles. The van der Waals surface area contributed by atoms with E-state index in [-0.39, 0.29) is 0 Å². The molecule has 2 atom stereocenters. The normalized spacial score (nSPS) is 33.0. The van der Waals surface area contributed by atoms with Crippen molar-refractivity contribution in [2.24, 2.45) is 0 Å². The lowest BCUT2D eigenvalue weighted by atomic mass is 9.98. The molecule has 80 valence electrons. The van der Waals surface area contributed by atoms with Crippen LogP contribution in [0.2, 0.25) is 0 Å². The first-order valence-electron chi connectivity index (χ1n) is 3.70. The monoisotopic (exact) mass is 228 g/mol. The van der Waals surface area contributed by atoms with E-state index < -0.39 is 22.9 Å². The van der Waals surface area contributed by atoms with Gasteiger partial charge in [0, 0.05) is 7.11 Å². The smallest absolute Gasteiger partial charge is 0.384 e. The molecule has 0 aromatic heterocycles. The molecule has 0 heterocycles. The highest BCUT2D eigenvalue weighted by Crippen LogP contribution is 2.42. The number of alkyl halides is 4. The number of rotatable bonds is 1. The Hall–Kier alpha value is -0.520. The van der Waals surface area contributed by atoms with Crippen molar-refractivity contribution in [3.8, 4) is 0 Å². The first-order chi connectivity index (χ1) is 6.32. The quantitative estimate of drug-likeness (QED) is 0.696. The van der Waals surface area contributed by atoms with Crippen LogP contribution in [0.1, 0.15) is 0 Å². The number of aliphatic hydroxyl groups is 1. The van der Waals surface area contributed by atoms with Gasteiger partial charge in [0.25, 0.3) is 0 Å². The number of methoxy groups -OCH3 is 1. The molecule has 0 amide bonds. The third kappa shape index (κ3) is 1.80. The average molecular weight is 229 g/mol. The maximum Gasteiger partial charge on any atom is 0.416 e. The van der Waals surface area contributed by atoms with E-state index >= 15 is 0 Å². The van der Waals surface area contributed by atoms with Crippen molar-refractivity contribution in [2.75, 3.05) is 7.11 Å². The van der Waals surface area contributed by atoms with Gasteiger partial charge in [-0.3, -0.25) is 0 Å². The predicted octanol–water partition coefficient (Wildman–Crippen LogP) is 1.99. The molecule has 1 aliphatic rings. The minimum absolute atomic E-state index is 0.781. The van der Waals surface area contributed by atoms with Gasteiger partial charge in [-0.2, -0.15) is 13.2 Å². The van der Waals surface area contributed by atoms with Gasteiger partial charge in [0.15, 0.2) is 0 Å². The van der Waals surface area contributed by atoms with Gasteiger partial charge in [-0.25, -0.2) is 0 Å². The van der Waals surface area contributed by atoms with Crippen molar-refractivity contribution in [1.29, 1.82) is 0 Å². The van der Waals surface area contributed by atoms with Crippen LogP contribution < -0.4 is 0 Å². The highest BCUT2D eigenvalue weighted by atomic mass is 35.5. The maximum absolute atomic E-state index is 12.4. The Bertz CT molecular complexity index is 285. The summed E-state index contributed by atoms with van der Waals surface area (Å²) in [6, 6.07) is 0. The second-order valence-electron chi connectivity index (χ2n) is 2.76. The van der Waals surface area contributed by atoms with Gasteiger partial charge in [0.2, 0.25) is 5.06 Å². The Morgan fingerprint density at radius 3 is 2.50 bits per heavy atom. The molecule has 1 rings (SSSR count). The van der Waals surface area contributed by atoms with Crippen molar-refractivity contribution in [3.05, 3.63) is 23.8 Å². The van der Waals surface area contributed by atoms with Gasteiger partial charge in [0.1, 0.15) is 6.10 Å². The summed E-state index contributed by atoms with van der Waals surface area (Å²) in [5.74, 6) is 0. The summed E-state index contributed by atoms with van der Waals surface area (Å²) in [5.41, 5.74) is -1.11. The lowest BCUT2D eigenvalue weighted by Crippen LogP contribution is -2.45. The van der Waals surface area contributed by atoms with Gasteiger partial charge >= 0.3 is 6.18 Å². The van der Waals surface area contributed by atoms with Crippen LogP contribution in [0.3, 0.4) is 0 Å². The number of halogens is 4. The number of hydrogen-bond acceptors (Lipinski definition) is 2. The lowest BCUT2D eigenvalue weighted by Gasteiger charge is -2.34. The predicted molar refractivity (Wildman–Crippen MR) is 44.9 cm³/mol. The number of aliphatic hydroxyl groups excluding tert-OH is 1. The van der Waals surface area contributed by atoms with Crippen LogP contribution in [0.4, 0.5) is 13.2 Å². The molecular weight excluding hydrogens is 221 g/mol. The van der Waals surface area contributed by atoms with E-state index in [4.69, 9.17) is 11.6 Å². The summed E-state index contributed by atoms with van der Waals surface area (Å²) in [4.78, 5) is 0. The van der Waals surface area contributed by atoms with Crippen molar-refractivity contribution >= 4 is 11.6 Å². The summed E-state index contributed by atoms with van der Waals surface area (Å²) in [7, 11) is 1.01. The molecule has 0 aromatic carbocycles. The molecule has 1 aliphatic carbocycles. The highest BCUT2D eigenvalue weighted by Gasteiger charge is 2.52. The number of ether oxygens (including phenoxy) is 1. The maximum atomic E-state index is 12.4. The van der Waals surface area contributed by atoms with Crippen molar-refractivity contribution in [2.45, 2.75) is 17.3 Å². The van der Waals surface area contributed by atoms with Crippen LogP contribution in [0, 0.1) is 0 Å². The van der Waals surface area contributed by atoms with Crippen LogP contribution in [0.5, 0.6) is 0 Å². The summed E-state index contributed by atoms with van der Waals surface area (Å²) in [6.45, 7) is 0. The molecule has 0 spiro atoms. The van der Waals surface area contributed by atoms with Crippen LogP contribution in [0.15, 0.2) is 23.8 Å². The van der Waals surface area contributed by atoms with Gasteiger partial charge in [-0.1, -0.05) is 23.8 Å². The Morgan fingerprint density at radius 2 is 2.14 bits per heavy atom. The van der Waals surface area contributed by atoms with Crippen molar-refractivity contribution < 1.29 is 23.0 Å². The van der Waals surface area contributed by atoms with E-state index in [0.29, 0.717) is 0 Å². The molecule has 1 N–H and O–H groups in total. The van der Waals surface area contributed by atoms with Crippen LogP contribution >= 0.6 is 11.6 Å². The van der Waals surface area contributed by atoms with Crippen LogP contribution in [-0.4, -0.2) is 29.6 Å². The van der Waals surface area contributed by atoms with Crippen molar-refractivity contribution in [3.63, 3.8) is 0 Å². The summed E-state index contributed by atoms with van der Waals surface area (Å²) in [6.07, 6.45) is -3.14. The van der Waals surface area contributed by atoms with E-state index in [0.717, 1.165) is 25.3 Å². The van der Waals surface area contributed by atoms with Gasteiger partial charge in [0.05, 0.1) is 5.57 Å². The molecule has 0 aromatic rings. The highest BCUT2D eigenvalue weighted by molar-refractivity contribution is 6.25. The van der Waals surface area contributed by atoms with Crippen LogP contribution in [0.25, 0.3) is 0 Å². The van der Waals surface area contributed by atoms with E-state index in [1.165, 1.54) is 0 Å². The zero-order chi connectivity index (χ0) is 11.0. The zero-order valence-electron chi connectivity index (χ0n) is 7.18. The van der Waals surface area contributed by atoms with Crippen molar-refractivity contribution in [1.82, 2.24) is 0 Å². The van der Waals surface area contributed by atoms with E-state index in [2.05, 4.69) is 4.74 Å². The topological polar surface area (TPSA) is 29.5 Å². The summed E-state index contributed by atoms with van der Waals surface area (Å²) >= 11 is 5.55. The van der Waals surface area contributed by atoms with Crippen LogP contribution in [-0.2, 0) is 4.74 Å². The minimum atomic E-state index is -4.62. The second-order valence-corrected chi connectivity index (χ2v) is 3.32. The Kier molecular flexibility index (Phi) is 2.94. The molecule has 0 saturated heterocycles. The SMILES string of the molecule is COC1(Cl)C(C(F)(F)F)=CC=CC1O. The molecule has 6 heteroatoms. The largest absolute Gasteiger partial charge is 0.416 e. The molecule has 2 nitrogen and oxygen atoms in total. The molecule has 0 saturated carbocycles. The average Bonchev–Trinajstić information content (AvgIpc) is 2.08. The second kappa shape index (κ2) is 3.56. The molecular formula is C8H8ClF3O2. The molecule has 14 heavy (non-hydrogen) atoms. The fraction of sp³-hybridized carbons (Fsp3) is 0.500. The molecule has 2 unspecified atom stereocenters. The zero-order valence-corrected chi connectivity index (χ0v) is 7.93. The van der Waals surface area contributed by atoms with E-state index in [1.54, 1.807) is 0 Å². The summed E-state index contributed by atoms with van der Waals surface area (Å²) in [5, 5.41) is 7.03. The lowest BCUT2D eigenvalue weighted by molar-refractivity contribution is -0.125. The third-order valence-corrected chi connectivity index (χ3v) is 2.49. The Labute approximate surface area is 83.6 Å². The fourth-order valence-electron chi connectivity index (χ4n) is 1.17. The third-order valence-electron chi connectivity index (χ3n) is 1.91. The van der Waals surface area contributed by atoms with E-state index in [1.807, 2.05) is 0 Å². The molecule has 0 bridgehead atoms.